The summed E-state index contributed by atoms with van der Waals surface area (Å²) >= 11 is 0. The zero-order valence-corrected chi connectivity index (χ0v) is 11.4. The molecule has 2 rings (SSSR count). The molecule has 2 fully saturated rings. The molecule has 5 nitrogen and oxygen atoms in total. The second-order valence-corrected chi connectivity index (χ2v) is 5.82. The van der Waals surface area contributed by atoms with Gasteiger partial charge in [0.25, 0.3) is 0 Å². The van der Waals surface area contributed by atoms with Crippen molar-refractivity contribution in [3.8, 4) is 0 Å². The number of rotatable bonds is 5. The summed E-state index contributed by atoms with van der Waals surface area (Å²) in [6.45, 7) is 2.90. The van der Waals surface area contributed by atoms with Crippen molar-refractivity contribution >= 4 is 11.9 Å². The Balaban J connectivity index is 1.63. The molecule has 19 heavy (non-hydrogen) atoms. The number of hydrogen-bond donors (Lipinski definition) is 3. The average Bonchev–Trinajstić information content (AvgIpc) is 2.89. The van der Waals surface area contributed by atoms with Gasteiger partial charge in [-0.05, 0) is 57.5 Å². The maximum absolute atomic E-state index is 11.9. The number of piperidine rings is 1. The third-order valence-electron chi connectivity index (χ3n) is 4.46. The van der Waals surface area contributed by atoms with Gasteiger partial charge in [-0.2, -0.15) is 0 Å². The van der Waals surface area contributed by atoms with Crippen LogP contribution in [-0.4, -0.2) is 36.6 Å². The normalized spacial score (nSPS) is 28.2. The van der Waals surface area contributed by atoms with E-state index in [0.29, 0.717) is 12.8 Å². The number of hydrogen-bond acceptors (Lipinski definition) is 3. The van der Waals surface area contributed by atoms with Crippen molar-refractivity contribution in [2.75, 3.05) is 19.6 Å². The molecule has 0 bridgehead atoms. The van der Waals surface area contributed by atoms with Gasteiger partial charge in [-0.15, -0.1) is 0 Å². The van der Waals surface area contributed by atoms with Crippen molar-refractivity contribution < 1.29 is 14.7 Å². The van der Waals surface area contributed by atoms with Crippen molar-refractivity contribution in [3.63, 3.8) is 0 Å². The van der Waals surface area contributed by atoms with Crippen LogP contribution in [0.1, 0.15) is 38.5 Å². The molecular weight excluding hydrogens is 244 g/mol. The molecule has 0 aromatic rings. The van der Waals surface area contributed by atoms with Gasteiger partial charge in [0.2, 0.25) is 5.91 Å². The summed E-state index contributed by atoms with van der Waals surface area (Å²) in [5, 5.41) is 15.2. The molecule has 1 aliphatic heterocycles. The third-order valence-corrected chi connectivity index (χ3v) is 4.46. The van der Waals surface area contributed by atoms with E-state index in [1.165, 1.54) is 12.8 Å². The minimum absolute atomic E-state index is 0.0534. The number of carbonyl (C=O) groups is 2. The Morgan fingerprint density at radius 2 is 1.79 bits per heavy atom. The molecule has 0 aromatic carbocycles. The molecule has 1 heterocycles. The van der Waals surface area contributed by atoms with Crippen molar-refractivity contribution in [2.24, 2.45) is 17.8 Å². The van der Waals surface area contributed by atoms with Gasteiger partial charge in [0, 0.05) is 12.5 Å². The third kappa shape index (κ3) is 4.20. The number of carboxylic acids is 1. The molecule has 0 spiro atoms. The van der Waals surface area contributed by atoms with Gasteiger partial charge in [0.05, 0.1) is 5.92 Å². The van der Waals surface area contributed by atoms with Crippen LogP contribution >= 0.6 is 0 Å². The van der Waals surface area contributed by atoms with Crippen LogP contribution in [0.3, 0.4) is 0 Å². The van der Waals surface area contributed by atoms with E-state index in [1.54, 1.807) is 0 Å². The molecule has 0 aromatic heterocycles. The first kappa shape index (κ1) is 14.3. The zero-order chi connectivity index (χ0) is 13.7. The molecule has 3 N–H and O–H groups in total. The number of carbonyl (C=O) groups excluding carboxylic acids is 1. The number of amides is 1. The van der Waals surface area contributed by atoms with Crippen LogP contribution in [-0.2, 0) is 9.59 Å². The number of carboxylic acid groups (broad SMARTS) is 1. The topological polar surface area (TPSA) is 78.4 Å². The Morgan fingerprint density at radius 3 is 2.42 bits per heavy atom. The molecule has 0 unspecified atom stereocenters. The van der Waals surface area contributed by atoms with E-state index >= 15 is 0 Å². The highest BCUT2D eigenvalue weighted by atomic mass is 16.4. The lowest BCUT2D eigenvalue weighted by Gasteiger charge is -2.22. The second kappa shape index (κ2) is 6.89. The van der Waals surface area contributed by atoms with E-state index in [4.69, 9.17) is 5.11 Å². The maximum Gasteiger partial charge on any atom is 0.306 e. The van der Waals surface area contributed by atoms with E-state index in [1.807, 2.05) is 0 Å². The Bertz CT molecular complexity index is 327. The van der Waals surface area contributed by atoms with E-state index in [0.717, 1.165) is 38.4 Å². The van der Waals surface area contributed by atoms with Crippen LogP contribution < -0.4 is 10.6 Å². The minimum atomic E-state index is -0.759. The highest BCUT2D eigenvalue weighted by molar-refractivity contribution is 5.80. The fourth-order valence-corrected chi connectivity index (χ4v) is 3.16. The standard InChI is InChI=1S/C14H24N2O3/c17-13(11-1-2-12(9-11)14(18)19)16-8-5-10-3-6-15-7-4-10/h10-12,15H,1-9H2,(H,16,17)(H,18,19)/t11-,12+/m0/s1. The molecule has 1 amide bonds. The Labute approximate surface area is 114 Å². The van der Waals surface area contributed by atoms with Crippen LogP contribution in [0.2, 0.25) is 0 Å². The van der Waals surface area contributed by atoms with Crippen LogP contribution in [0, 0.1) is 17.8 Å². The Kier molecular flexibility index (Phi) is 5.19. The predicted molar refractivity (Wildman–Crippen MR) is 71.7 cm³/mol. The molecule has 1 aliphatic carbocycles. The van der Waals surface area contributed by atoms with Crippen molar-refractivity contribution in [3.05, 3.63) is 0 Å². The van der Waals surface area contributed by atoms with Crippen molar-refractivity contribution in [1.82, 2.24) is 10.6 Å². The molecule has 5 heteroatoms. The van der Waals surface area contributed by atoms with Crippen LogP contribution in [0.25, 0.3) is 0 Å². The SMILES string of the molecule is O=C(O)[C@@H]1CC[C@H](C(=O)NCCC2CCNCC2)C1. The van der Waals surface area contributed by atoms with Gasteiger partial charge < -0.3 is 15.7 Å². The lowest BCUT2D eigenvalue weighted by Crippen LogP contribution is -2.33. The summed E-state index contributed by atoms with van der Waals surface area (Å²) in [5.41, 5.74) is 0. The van der Waals surface area contributed by atoms with Crippen LogP contribution in [0.15, 0.2) is 0 Å². The molecule has 1 saturated heterocycles. The Hall–Kier alpha value is -1.10. The largest absolute Gasteiger partial charge is 0.481 e. The van der Waals surface area contributed by atoms with E-state index in [2.05, 4.69) is 10.6 Å². The summed E-state index contributed by atoms with van der Waals surface area (Å²) in [4.78, 5) is 22.8. The lowest BCUT2D eigenvalue weighted by molar-refractivity contribution is -0.141. The number of aliphatic carboxylic acids is 1. The first-order chi connectivity index (χ1) is 9.16. The average molecular weight is 268 g/mol. The maximum atomic E-state index is 11.9. The quantitative estimate of drug-likeness (QED) is 0.695. The van der Waals surface area contributed by atoms with Gasteiger partial charge in [0.15, 0.2) is 0 Å². The second-order valence-electron chi connectivity index (χ2n) is 5.82. The zero-order valence-electron chi connectivity index (χ0n) is 11.4. The van der Waals surface area contributed by atoms with E-state index < -0.39 is 5.97 Å². The summed E-state index contributed by atoms with van der Waals surface area (Å²) in [6, 6.07) is 0. The van der Waals surface area contributed by atoms with Crippen LogP contribution in [0.4, 0.5) is 0 Å². The highest BCUT2D eigenvalue weighted by Crippen LogP contribution is 2.31. The Morgan fingerprint density at radius 1 is 1.11 bits per heavy atom. The molecule has 2 atom stereocenters. The first-order valence-electron chi connectivity index (χ1n) is 7.38. The van der Waals surface area contributed by atoms with Gasteiger partial charge in [-0.25, -0.2) is 0 Å². The molecule has 0 radical (unpaired) electrons. The molecule has 1 saturated carbocycles. The first-order valence-corrected chi connectivity index (χ1v) is 7.38. The monoisotopic (exact) mass is 268 g/mol. The van der Waals surface area contributed by atoms with Gasteiger partial charge in [0.1, 0.15) is 0 Å². The fraction of sp³-hybridized carbons (Fsp3) is 0.857. The van der Waals surface area contributed by atoms with Crippen molar-refractivity contribution in [2.45, 2.75) is 38.5 Å². The summed E-state index contributed by atoms with van der Waals surface area (Å²) in [6.07, 6.45) is 5.30. The smallest absolute Gasteiger partial charge is 0.306 e. The summed E-state index contributed by atoms with van der Waals surface area (Å²) < 4.78 is 0. The molecule has 108 valence electrons. The van der Waals surface area contributed by atoms with E-state index in [-0.39, 0.29) is 17.7 Å². The van der Waals surface area contributed by atoms with Crippen molar-refractivity contribution in [1.29, 1.82) is 0 Å². The summed E-state index contributed by atoms with van der Waals surface area (Å²) in [5.74, 6) is -0.395. The fourth-order valence-electron chi connectivity index (χ4n) is 3.16. The van der Waals surface area contributed by atoms with E-state index in [9.17, 15) is 9.59 Å². The van der Waals surface area contributed by atoms with Gasteiger partial charge in [-0.3, -0.25) is 9.59 Å². The molecule has 2 aliphatic rings. The van der Waals surface area contributed by atoms with Crippen LogP contribution in [0.5, 0.6) is 0 Å². The predicted octanol–water partition coefficient (Wildman–Crippen LogP) is 0.993. The van der Waals surface area contributed by atoms with Gasteiger partial charge in [-0.1, -0.05) is 0 Å². The van der Waals surface area contributed by atoms with Gasteiger partial charge >= 0.3 is 5.97 Å². The summed E-state index contributed by atoms with van der Waals surface area (Å²) in [7, 11) is 0. The minimum Gasteiger partial charge on any atom is -0.481 e. The number of nitrogens with one attached hydrogen (secondary N) is 2. The highest BCUT2D eigenvalue weighted by Gasteiger charge is 2.33. The molecular formula is C14H24N2O3. The lowest BCUT2D eigenvalue weighted by atomic mass is 9.94.